The molecule has 6 heteroatoms. The molecule has 256 valence electrons. The summed E-state index contributed by atoms with van der Waals surface area (Å²) in [4.78, 5) is 0. The number of aliphatic hydroxyl groups is 6. The average molecular weight is 637 g/mol. The molecule has 0 radical (unpaired) electrons. The first-order chi connectivity index (χ1) is 21.0. The average Bonchev–Trinajstić information content (AvgIpc) is 2.89. The third-order valence-electron chi connectivity index (χ3n) is 9.90. The lowest BCUT2D eigenvalue weighted by atomic mass is 9.57. The van der Waals surface area contributed by atoms with E-state index in [1.165, 1.54) is 0 Å². The van der Waals surface area contributed by atoms with Gasteiger partial charge in [0.1, 0.15) is 11.2 Å². The lowest BCUT2D eigenvalue weighted by Gasteiger charge is -2.54. The lowest BCUT2D eigenvalue weighted by Crippen LogP contribution is -2.65. The van der Waals surface area contributed by atoms with E-state index < -0.39 is 45.4 Å². The van der Waals surface area contributed by atoms with E-state index >= 15 is 0 Å². The summed E-state index contributed by atoms with van der Waals surface area (Å²) in [7, 11) is 0. The van der Waals surface area contributed by atoms with Crippen molar-refractivity contribution < 1.29 is 30.6 Å². The van der Waals surface area contributed by atoms with Crippen molar-refractivity contribution in [3.63, 3.8) is 0 Å². The molecule has 0 aromatic heterocycles. The first-order valence-electron chi connectivity index (χ1n) is 16.3. The zero-order chi connectivity index (χ0) is 35.2. The second-order valence-electron chi connectivity index (χ2n) is 15.4. The highest BCUT2D eigenvalue weighted by Crippen LogP contribution is 2.51. The van der Waals surface area contributed by atoms with Gasteiger partial charge in [0.25, 0.3) is 0 Å². The van der Waals surface area contributed by atoms with E-state index in [2.05, 4.69) is 0 Å². The number of allylic oxidation sites excluding steroid dienone is 16. The summed E-state index contributed by atoms with van der Waals surface area (Å²) in [5.41, 5.74) is -3.18. The molecule has 2 aliphatic carbocycles. The third-order valence-corrected chi connectivity index (χ3v) is 9.90. The standard InChI is InChI=1S/C40H60O6/c1-29(17-13-19-31(3)21-23-39(45)35(5,6)25-33(41)27-37(39,9)43)15-11-12-16-30(2)18-14-20-32(4)22-24-40(46)36(7,8)26-34(42)28-38(40,10)44/h11-24,33-34,41-46H,25-28H2,1-10H3/b12-11+,17-13+,18-14?,23-21+,24-22?,29-15+,30-16?,31-19+,32-20?. The molecule has 46 heavy (non-hydrogen) atoms. The van der Waals surface area contributed by atoms with Gasteiger partial charge in [0.15, 0.2) is 0 Å². The molecule has 0 spiro atoms. The highest BCUT2D eigenvalue weighted by Gasteiger charge is 2.59. The topological polar surface area (TPSA) is 121 Å². The lowest BCUT2D eigenvalue weighted by molar-refractivity contribution is -0.217. The molecule has 2 saturated carbocycles. The van der Waals surface area contributed by atoms with Crippen LogP contribution in [-0.4, -0.2) is 65.3 Å². The molecule has 0 heterocycles. The molecule has 0 aliphatic heterocycles. The summed E-state index contributed by atoms with van der Waals surface area (Å²) in [5, 5.41) is 65.0. The summed E-state index contributed by atoms with van der Waals surface area (Å²) in [6, 6.07) is 0. The highest BCUT2D eigenvalue weighted by molar-refractivity contribution is 5.34. The maximum absolute atomic E-state index is 11.4. The minimum atomic E-state index is -1.46. The van der Waals surface area contributed by atoms with E-state index in [9.17, 15) is 30.6 Å². The quantitative estimate of drug-likeness (QED) is 0.146. The van der Waals surface area contributed by atoms with Crippen molar-refractivity contribution in [1.82, 2.24) is 0 Å². The Morgan fingerprint density at radius 3 is 1.04 bits per heavy atom. The summed E-state index contributed by atoms with van der Waals surface area (Å²) in [6.07, 6.45) is 26.5. The second-order valence-corrected chi connectivity index (χ2v) is 15.4. The van der Waals surface area contributed by atoms with Crippen LogP contribution < -0.4 is 0 Å². The summed E-state index contributed by atoms with van der Waals surface area (Å²) < 4.78 is 0. The molecule has 6 N–H and O–H groups in total. The molecule has 6 atom stereocenters. The van der Waals surface area contributed by atoms with Crippen molar-refractivity contribution in [2.45, 2.75) is 130 Å². The van der Waals surface area contributed by atoms with Crippen LogP contribution in [0.1, 0.15) is 94.9 Å². The predicted molar refractivity (Wildman–Crippen MR) is 190 cm³/mol. The summed E-state index contributed by atoms with van der Waals surface area (Å²) in [6.45, 7) is 18.5. The zero-order valence-electron chi connectivity index (χ0n) is 29.7. The van der Waals surface area contributed by atoms with Gasteiger partial charge in [-0.15, -0.1) is 0 Å². The zero-order valence-corrected chi connectivity index (χ0v) is 29.7. The van der Waals surface area contributed by atoms with E-state index in [4.69, 9.17) is 0 Å². The molecule has 0 bridgehead atoms. The van der Waals surface area contributed by atoms with Crippen LogP contribution in [0.25, 0.3) is 0 Å². The number of hydrogen-bond acceptors (Lipinski definition) is 6. The van der Waals surface area contributed by atoms with Crippen LogP contribution in [0.15, 0.2) is 107 Å². The Morgan fingerprint density at radius 2 is 0.739 bits per heavy atom. The van der Waals surface area contributed by atoms with Gasteiger partial charge in [-0.3, -0.25) is 0 Å². The van der Waals surface area contributed by atoms with Gasteiger partial charge < -0.3 is 30.6 Å². The van der Waals surface area contributed by atoms with Crippen LogP contribution in [0.4, 0.5) is 0 Å². The van der Waals surface area contributed by atoms with Gasteiger partial charge >= 0.3 is 0 Å². The third kappa shape index (κ3) is 9.50. The van der Waals surface area contributed by atoms with Crippen LogP contribution >= 0.6 is 0 Å². The molecule has 6 nitrogen and oxygen atoms in total. The largest absolute Gasteiger partial charge is 0.393 e. The van der Waals surface area contributed by atoms with E-state index in [1.807, 2.05) is 128 Å². The van der Waals surface area contributed by atoms with Crippen LogP contribution in [0, 0.1) is 10.8 Å². The first-order valence-corrected chi connectivity index (χ1v) is 16.3. The van der Waals surface area contributed by atoms with Crippen molar-refractivity contribution in [3.05, 3.63) is 107 Å². The number of aliphatic hydroxyl groups excluding tert-OH is 2. The Balaban J connectivity index is 1.97. The van der Waals surface area contributed by atoms with Crippen molar-refractivity contribution in [3.8, 4) is 0 Å². The fourth-order valence-corrected chi connectivity index (χ4v) is 6.98. The minimum absolute atomic E-state index is 0.126. The Labute approximate surface area is 278 Å². The number of rotatable bonds is 10. The molecular weight excluding hydrogens is 576 g/mol. The van der Waals surface area contributed by atoms with Crippen molar-refractivity contribution in [2.24, 2.45) is 10.8 Å². The van der Waals surface area contributed by atoms with Crippen LogP contribution in [0.2, 0.25) is 0 Å². The second kappa shape index (κ2) is 15.1. The van der Waals surface area contributed by atoms with Crippen LogP contribution in [-0.2, 0) is 0 Å². The van der Waals surface area contributed by atoms with Gasteiger partial charge in [-0.05, 0) is 66.5 Å². The van der Waals surface area contributed by atoms with Gasteiger partial charge in [-0.25, -0.2) is 0 Å². The Morgan fingerprint density at radius 1 is 0.457 bits per heavy atom. The van der Waals surface area contributed by atoms with Gasteiger partial charge in [0.05, 0.1) is 23.4 Å². The number of hydrogen-bond donors (Lipinski definition) is 6. The minimum Gasteiger partial charge on any atom is -0.393 e. The first kappa shape index (κ1) is 39.6. The van der Waals surface area contributed by atoms with Gasteiger partial charge in [0, 0.05) is 23.7 Å². The maximum atomic E-state index is 11.4. The van der Waals surface area contributed by atoms with Gasteiger partial charge in [-0.1, -0.05) is 123 Å². The summed E-state index contributed by atoms with van der Waals surface area (Å²) in [5.74, 6) is 0. The van der Waals surface area contributed by atoms with Gasteiger partial charge in [0.2, 0.25) is 0 Å². The molecule has 2 aliphatic rings. The van der Waals surface area contributed by atoms with Crippen molar-refractivity contribution >= 4 is 0 Å². The van der Waals surface area contributed by atoms with Crippen molar-refractivity contribution in [2.75, 3.05) is 0 Å². The molecule has 0 aromatic carbocycles. The Bertz CT molecular complexity index is 1200. The highest BCUT2D eigenvalue weighted by atomic mass is 16.4. The van der Waals surface area contributed by atoms with Crippen LogP contribution in [0.3, 0.4) is 0 Å². The van der Waals surface area contributed by atoms with E-state index in [-0.39, 0.29) is 12.8 Å². The normalized spacial score (nSPS) is 36.7. The smallest absolute Gasteiger partial charge is 0.117 e. The Kier molecular flexibility index (Phi) is 13.0. The SMILES string of the molecule is CC(C=CC1(O)C(C)(C)CC(O)CC1(C)O)=CC=CC(C)=C/C=C/C=C(C)/C=C/C=C(C)/C=C/C1(O)C(C)(C)CC(O)CC1(C)O. The fourth-order valence-electron chi connectivity index (χ4n) is 6.98. The molecule has 2 fully saturated rings. The molecule has 0 saturated heterocycles. The molecular formula is C40H60O6. The van der Waals surface area contributed by atoms with E-state index in [1.54, 1.807) is 26.0 Å². The molecule has 2 rings (SSSR count). The van der Waals surface area contributed by atoms with Crippen LogP contribution in [0.5, 0.6) is 0 Å². The predicted octanol–water partition coefficient (Wildman–Crippen LogP) is 6.88. The Hall–Kier alpha value is -2.58. The maximum Gasteiger partial charge on any atom is 0.117 e. The van der Waals surface area contributed by atoms with Crippen molar-refractivity contribution in [1.29, 1.82) is 0 Å². The molecule has 0 amide bonds. The van der Waals surface area contributed by atoms with E-state index in [0.717, 1.165) is 22.3 Å². The van der Waals surface area contributed by atoms with E-state index in [0.29, 0.717) is 12.8 Å². The monoisotopic (exact) mass is 636 g/mol. The fraction of sp³-hybridized carbons (Fsp3) is 0.550. The molecule has 0 aromatic rings. The summed E-state index contributed by atoms with van der Waals surface area (Å²) >= 11 is 0. The van der Waals surface area contributed by atoms with Gasteiger partial charge in [-0.2, -0.15) is 0 Å². The molecule has 6 unspecified atom stereocenters.